The molecule has 4 heterocycles. The lowest BCUT2D eigenvalue weighted by molar-refractivity contribution is 0.0259. The molecule has 26 heavy (non-hydrogen) atoms. The highest BCUT2D eigenvalue weighted by atomic mass is 16.5. The second kappa shape index (κ2) is 8.05. The van der Waals surface area contributed by atoms with Crippen LogP contribution in [0.4, 0.5) is 0 Å². The molecule has 1 N–H and O–H groups in total. The van der Waals surface area contributed by atoms with Crippen LogP contribution in [0.15, 0.2) is 35.1 Å². The summed E-state index contributed by atoms with van der Waals surface area (Å²) in [6.07, 6.45) is 6.52. The van der Waals surface area contributed by atoms with Crippen LogP contribution in [0.1, 0.15) is 35.5 Å². The number of hydrogen-bond donors (Lipinski definition) is 1. The van der Waals surface area contributed by atoms with Crippen LogP contribution in [0.25, 0.3) is 0 Å². The van der Waals surface area contributed by atoms with Crippen molar-refractivity contribution in [1.82, 2.24) is 20.0 Å². The van der Waals surface area contributed by atoms with E-state index in [1.165, 1.54) is 12.0 Å². The SMILES string of the molecule is O=C(NCC[C@@H]1CN(C2CCOCC2)Cc2ccnn2C1)c1ccco1. The van der Waals surface area contributed by atoms with Crippen LogP contribution in [-0.4, -0.2) is 52.9 Å². The average Bonchev–Trinajstić information content (AvgIpc) is 3.32. The number of carbonyl (C=O) groups is 1. The number of rotatable bonds is 5. The molecule has 0 aliphatic carbocycles. The van der Waals surface area contributed by atoms with Crippen molar-refractivity contribution in [1.29, 1.82) is 0 Å². The second-order valence-corrected chi connectivity index (χ2v) is 7.17. The molecule has 0 radical (unpaired) electrons. The van der Waals surface area contributed by atoms with Gasteiger partial charge in [-0.05, 0) is 43.4 Å². The molecular formula is C19H26N4O3. The lowest BCUT2D eigenvalue weighted by Crippen LogP contribution is -2.41. The highest BCUT2D eigenvalue weighted by Crippen LogP contribution is 2.24. The van der Waals surface area contributed by atoms with Crippen LogP contribution in [0.5, 0.6) is 0 Å². The van der Waals surface area contributed by atoms with Gasteiger partial charge >= 0.3 is 0 Å². The van der Waals surface area contributed by atoms with Gasteiger partial charge in [0.15, 0.2) is 5.76 Å². The Bertz CT molecular complexity index is 706. The molecule has 2 aromatic heterocycles. The van der Waals surface area contributed by atoms with Crippen molar-refractivity contribution < 1.29 is 13.9 Å². The maximum atomic E-state index is 12.0. The fourth-order valence-electron chi connectivity index (χ4n) is 3.96. The molecule has 0 unspecified atom stereocenters. The van der Waals surface area contributed by atoms with Gasteiger partial charge in [-0.25, -0.2) is 0 Å². The summed E-state index contributed by atoms with van der Waals surface area (Å²) in [6.45, 7) is 5.22. The number of furan rings is 1. The Hall–Kier alpha value is -2.12. The summed E-state index contributed by atoms with van der Waals surface area (Å²) in [4.78, 5) is 14.6. The molecule has 7 nitrogen and oxygen atoms in total. The molecule has 1 saturated heterocycles. The summed E-state index contributed by atoms with van der Waals surface area (Å²) in [6, 6.07) is 6.10. The van der Waals surface area contributed by atoms with Crippen LogP contribution >= 0.6 is 0 Å². The van der Waals surface area contributed by atoms with Gasteiger partial charge in [0.2, 0.25) is 0 Å². The molecule has 1 amide bonds. The van der Waals surface area contributed by atoms with Gasteiger partial charge in [-0.3, -0.25) is 14.4 Å². The van der Waals surface area contributed by atoms with Gasteiger partial charge in [-0.1, -0.05) is 0 Å². The van der Waals surface area contributed by atoms with Crippen molar-refractivity contribution >= 4 is 5.91 Å². The maximum Gasteiger partial charge on any atom is 0.286 e. The van der Waals surface area contributed by atoms with Crippen molar-refractivity contribution in [2.75, 3.05) is 26.3 Å². The Labute approximate surface area is 153 Å². The third kappa shape index (κ3) is 3.99. The third-order valence-corrected chi connectivity index (χ3v) is 5.38. The number of hydrogen-bond acceptors (Lipinski definition) is 5. The van der Waals surface area contributed by atoms with Crippen LogP contribution in [0, 0.1) is 5.92 Å². The topological polar surface area (TPSA) is 72.5 Å². The van der Waals surface area contributed by atoms with E-state index in [2.05, 4.69) is 26.1 Å². The monoisotopic (exact) mass is 358 g/mol. The fourth-order valence-corrected chi connectivity index (χ4v) is 3.96. The van der Waals surface area contributed by atoms with Crippen molar-refractivity contribution in [3.63, 3.8) is 0 Å². The Morgan fingerprint density at radius 2 is 2.15 bits per heavy atom. The van der Waals surface area contributed by atoms with Crippen molar-refractivity contribution in [2.24, 2.45) is 5.92 Å². The van der Waals surface area contributed by atoms with E-state index >= 15 is 0 Å². The van der Waals surface area contributed by atoms with Gasteiger partial charge in [-0.2, -0.15) is 5.10 Å². The van der Waals surface area contributed by atoms with E-state index in [1.54, 1.807) is 12.1 Å². The normalized spacial score (nSPS) is 21.9. The quantitative estimate of drug-likeness (QED) is 0.884. The molecule has 2 aliphatic rings. The Balaban J connectivity index is 1.37. The molecule has 1 fully saturated rings. The molecule has 2 aromatic rings. The summed E-state index contributed by atoms with van der Waals surface area (Å²) >= 11 is 0. The van der Waals surface area contributed by atoms with Gasteiger partial charge in [0.05, 0.1) is 12.0 Å². The summed E-state index contributed by atoms with van der Waals surface area (Å²) < 4.78 is 12.8. The first kappa shape index (κ1) is 17.3. The smallest absolute Gasteiger partial charge is 0.286 e. The first-order valence-corrected chi connectivity index (χ1v) is 9.44. The van der Waals surface area contributed by atoms with Crippen LogP contribution in [0.3, 0.4) is 0 Å². The maximum absolute atomic E-state index is 12.0. The Morgan fingerprint density at radius 3 is 2.96 bits per heavy atom. The number of aromatic nitrogens is 2. The van der Waals surface area contributed by atoms with E-state index in [0.29, 0.717) is 24.3 Å². The molecular weight excluding hydrogens is 332 g/mol. The molecule has 0 bridgehead atoms. The zero-order valence-corrected chi connectivity index (χ0v) is 15.0. The lowest BCUT2D eigenvalue weighted by atomic mass is 10.0. The summed E-state index contributed by atoms with van der Waals surface area (Å²) in [5.41, 5.74) is 1.28. The van der Waals surface area contributed by atoms with Crippen LogP contribution < -0.4 is 5.32 Å². The number of nitrogens with zero attached hydrogens (tertiary/aromatic N) is 3. The number of ether oxygens (including phenoxy) is 1. The van der Waals surface area contributed by atoms with Crippen LogP contribution in [0.2, 0.25) is 0 Å². The standard InChI is InChI=1S/C19H26N4O3/c24-19(18-2-1-9-26-18)20-7-3-15-12-22(16-5-10-25-11-6-16)14-17-4-8-21-23(17)13-15/h1-2,4,8-9,15-16H,3,5-7,10-14H2,(H,20,24)/t15-/m1/s1. The van der Waals surface area contributed by atoms with Crippen molar-refractivity contribution in [3.05, 3.63) is 42.1 Å². The van der Waals surface area contributed by atoms with Gasteiger partial charge in [-0.15, -0.1) is 0 Å². The van der Waals surface area contributed by atoms with E-state index in [1.807, 2.05) is 6.20 Å². The summed E-state index contributed by atoms with van der Waals surface area (Å²) in [7, 11) is 0. The predicted octanol–water partition coefficient (Wildman–Crippen LogP) is 1.91. The van der Waals surface area contributed by atoms with E-state index < -0.39 is 0 Å². The van der Waals surface area contributed by atoms with Crippen molar-refractivity contribution in [3.8, 4) is 0 Å². The van der Waals surface area contributed by atoms with Gasteiger partial charge < -0.3 is 14.5 Å². The first-order chi connectivity index (χ1) is 12.8. The molecule has 7 heteroatoms. The number of fused-ring (bicyclic) bond motifs is 1. The average molecular weight is 358 g/mol. The second-order valence-electron chi connectivity index (χ2n) is 7.17. The Morgan fingerprint density at radius 1 is 1.27 bits per heavy atom. The van der Waals surface area contributed by atoms with E-state index in [9.17, 15) is 4.79 Å². The van der Waals surface area contributed by atoms with E-state index in [-0.39, 0.29) is 5.91 Å². The minimum atomic E-state index is -0.148. The van der Waals surface area contributed by atoms with E-state index in [0.717, 1.165) is 52.1 Å². The summed E-state index contributed by atoms with van der Waals surface area (Å²) in [5, 5.41) is 7.46. The third-order valence-electron chi connectivity index (χ3n) is 5.38. The first-order valence-electron chi connectivity index (χ1n) is 9.44. The van der Waals surface area contributed by atoms with Gasteiger partial charge in [0.1, 0.15) is 0 Å². The van der Waals surface area contributed by atoms with Gasteiger partial charge in [0, 0.05) is 51.6 Å². The van der Waals surface area contributed by atoms with Crippen LogP contribution in [-0.2, 0) is 17.8 Å². The number of nitrogens with one attached hydrogen (secondary N) is 1. The Kier molecular flexibility index (Phi) is 5.36. The molecule has 1 atom stereocenters. The lowest BCUT2D eigenvalue weighted by Gasteiger charge is -2.34. The number of carbonyl (C=O) groups excluding carboxylic acids is 1. The molecule has 140 valence electrons. The largest absolute Gasteiger partial charge is 0.459 e. The van der Waals surface area contributed by atoms with Crippen molar-refractivity contribution in [2.45, 2.75) is 38.4 Å². The minimum absolute atomic E-state index is 0.148. The number of amides is 1. The highest BCUT2D eigenvalue weighted by Gasteiger charge is 2.28. The zero-order valence-electron chi connectivity index (χ0n) is 15.0. The summed E-state index contributed by atoms with van der Waals surface area (Å²) in [5.74, 6) is 0.671. The van der Waals surface area contributed by atoms with E-state index in [4.69, 9.17) is 9.15 Å². The highest BCUT2D eigenvalue weighted by molar-refractivity contribution is 5.91. The van der Waals surface area contributed by atoms with Gasteiger partial charge in [0.25, 0.3) is 5.91 Å². The predicted molar refractivity (Wildman–Crippen MR) is 95.6 cm³/mol. The minimum Gasteiger partial charge on any atom is -0.459 e. The molecule has 2 aliphatic heterocycles. The molecule has 0 saturated carbocycles. The molecule has 0 aromatic carbocycles. The molecule has 0 spiro atoms. The fraction of sp³-hybridized carbons (Fsp3) is 0.579. The zero-order chi connectivity index (χ0) is 17.8. The molecule has 4 rings (SSSR count).